The van der Waals surface area contributed by atoms with Crippen LogP contribution in [-0.4, -0.2) is 11.3 Å². The minimum Gasteiger partial charge on any atom is -0.298 e. The Bertz CT molecular complexity index is 228. The number of aromatic nitrogens is 1. The summed E-state index contributed by atoms with van der Waals surface area (Å²) in [6, 6.07) is 3.42. The number of hydrogen-bond donors (Lipinski definition) is 0. The van der Waals surface area contributed by atoms with Gasteiger partial charge in [0.1, 0.15) is 0 Å². The molecule has 2 nitrogen and oxygen atoms in total. The van der Waals surface area contributed by atoms with Gasteiger partial charge in [-0.2, -0.15) is 0 Å². The Kier molecular flexibility index (Phi) is 1.95. The Morgan fingerprint density at radius 2 is 2.40 bits per heavy atom. The molecular weight excluding hydrogens is 126 g/mol. The summed E-state index contributed by atoms with van der Waals surface area (Å²) in [7, 11) is 0. The molecule has 0 aromatic carbocycles. The predicted molar refractivity (Wildman–Crippen MR) is 39.7 cm³/mol. The third-order valence-corrected chi connectivity index (χ3v) is 1.19. The second-order valence-electron chi connectivity index (χ2n) is 1.80. The number of aldehydes is 1. The van der Waals surface area contributed by atoms with E-state index >= 15 is 0 Å². The van der Waals surface area contributed by atoms with Gasteiger partial charge in [-0.25, -0.2) is 0 Å². The van der Waals surface area contributed by atoms with E-state index < -0.39 is 0 Å². The topological polar surface area (TPSA) is 30.0 Å². The van der Waals surface area contributed by atoms with Crippen LogP contribution in [0.2, 0.25) is 0 Å². The molecule has 1 rings (SSSR count). The van der Waals surface area contributed by atoms with Crippen molar-refractivity contribution in [2.45, 2.75) is 0 Å². The Labute approximate surface area is 59.2 Å². The summed E-state index contributed by atoms with van der Waals surface area (Å²) in [5.41, 5.74) is 1.22. The molecule has 0 bridgehead atoms. The number of carbonyl (C=O) groups excluding carboxylic acids is 1. The van der Waals surface area contributed by atoms with Crippen LogP contribution in [-0.2, 0) is 0 Å². The molecule has 1 aromatic rings. The van der Waals surface area contributed by atoms with Crippen LogP contribution in [0.25, 0.3) is 6.08 Å². The van der Waals surface area contributed by atoms with Gasteiger partial charge >= 0.3 is 0 Å². The Balaban J connectivity index is 3.20. The lowest BCUT2D eigenvalue weighted by Gasteiger charge is -1.93. The van der Waals surface area contributed by atoms with Gasteiger partial charge < -0.3 is 0 Å². The first-order valence-corrected chi connectivity index (χ1v) is 2.91. The molecule has 0 saturated heterocycles. The molecule has 0 spiro atoms. The van der Waals surface area contributed by atoms with Crippen LogP contribution in [0.1, 0.15) is 16.1 Å². The Morgan fingerprint density at radius 1 is 1.60 bits per heavy atom. The molecule has 0 unspecified atom stereocenters. The maximum atomic E-state index is 10.3. The molecule has 1 aromatic heterocycles. The van der Waals surface area contributed by atoms with E-state index in [1.165, 1.54) is 0 Å². The highest BCUT2D eigenvalue weighted by Crippen LogP contribution is 2.01. The van der Waals surface area contributed by atoms with Crippen molar-refractivity contribution in [1.29, 1.82) is 0 Å². The first-order chi connectivity index (χ1) is 4.88. The number of pyridine rings is 1. The largest absolute Gasteiger partial charge is 0.298 e. The molecule has 0 aliphatic heterocycles. The standard InChI is InChI=1S/C8H7NO/c1-2-8-7(6-10)4-3-5-9-8/h2-6H,1H2. The maximum absolute atomic E-state index is 10.3. The second kappa shape index (κ2) is 2.92. The van der Waals surface area contributed by atoms with Crippen molar-refractivity contribution >= 4 is 12.4 Å². The maximum Gasteiger partial charge on any atom is 0.152 e. The summed E-state index contributed by atoms with van der Waals surface area (Å²) in [6.07, 6.45) is 3.96. The fourth-order valence-electron chi connectivity index (χ4n) is 0.700. The van der Waals surface area contributed by atoms with E-state index in [1.54, 1.807) is 24.4 Å². The molecule has 0 N–H and O–H groups in total. The molecule has 0 amide bonds. The zero-order chi connectivity index (χ0) is 7.40. The van der Waals surface area contributed by atoms with Crippen molar-refractivity contribution in [1.82, 2.24) is 4.98 Å². The first-order valence-electron chi connectivity index (χ1n) is 2.91. The van der Waals surface area contributed by atoms with Crippen molar-refractivity contribution in [2.24, 2.45) is 0 Å². The summed E-state index contributed by atoms with van der Waals surface area (Å²) in [6.45, 7) is 3.52. The molecule has 2 heteroatoms. The van der Waals surface area contributed by atoms with E-state index in [9.17, 15) is 4.79 Å². The van der Waals surface area contributed by atoms with E-state index in [4.69, 9.17) is 0 Å². The highest BCUT2D eigenvalue weighted by atomic mass is 16.1. The van der Waals surface area contributed by atoms with Gasteiger partial charge in [-0.15, -0.1) is 0 Å². The molecule has 0 aliphatic carbocycles. The van der Waals surface area contributed by atoms with Crippen LogP contribution in [0.15, 0.2) is 24.9 Å². The molecule has 0 fully saturated rings. The quantitative estimate of drug-likeness (QED) is 0.573. The molecular formula is C8H7NO. The van der Waals surface area contributed by atoms with Crippen molar-refractivity contribution in [3.8, 4) is 0 Å². The van der Waals surface area contributed by atoms with Crippen LogP contribution in [0, 0.1) is 0 Å². The molecule has 0 radical (unpaired) electrons. The fourth-order valence-corrected chi connectivity index (χ4v) is 0.700. The number of rotatable bonds is 2. The van der Waals surface area contributed by atoms with Crippen molar-refractivity contribution in [2.75, 3.05) is 0 Å². The summed E-state index contributed by atoms with van der Waals surface area (Å²) in [5.74, 6) is 0. The highest BCUT2D eigenvalue weighted by molar-refractivity contribution is 5.79. The van der Waals surface area contributed by atoms with Gasteiger partial charge in [-0.3, -0.25) is 9.78 Å². The molecule has 0 saturated carbocycles. The fraction of sp³-hybridized carbons (Fsp3) is 0. The van der Waals surface area contributed by atoms with Gasteiger partial charge in [0, 0.05) is 11.8 Å². The average molecular weight is 133 g/mol. The van der Waals surface area contributed by atoms with E-state index in [0.29, 0.717) is 11.3 Å². The monoisotopic (exact) mass is 133 g/mol. The zero-order valence-electron chi connectivity index (χ0n) is 5.45. The van der Waals surface area contributed by atoms with Gasteiger partial charge in [0.15, 0.2) is 6.29 Å². The molecule has 0 atom stereocenters. The van der Waals surface area contributed by atoms with Crippen LogP contribution in [0.3, 0.4) is 0 Å². The van der Waals surface area contributed by atoms with Crippen molar-refractivity contribution in [3.63, 3.8) is 0 Å². The minimum atomic E-state index is 0.581. The normalized spacial score (nSPS) is 8.80. The minimum absolute atomic E-state index is 0.581. The highest BCUT2D eigenvalue weighted by Gasteiger charge is 1.94. The first kappa shape index (κ1) is 6.68. The van der Waals surface area contributed by atoms with Crippen LogP contribution < -0.4 is 0 Å². The predicted octanol–water partition coefficient (Wildman–Crippen LogP) is 1.54. The van der Waals surface area contributed by atoms with Gasteiger partial charge in [0.2, 0.25) is 0 Å². The lowest BCUT2D eigenvalue weighted by molar-refractivity contribution is 0.112. The summed E-state index contributed by atoms with van der Waals surface area (Å²) < 4.78 is 0. The van der Waals surface area contributed by atoms with Crippen LogP contribution in [0.5, 0.6) is 0 Å². The summed E-state index contributed by atoms with van der Waals surface area (Å²) >= 11 is 0. The van der Waals surface area contributed by atoms with Crippen molar-refractivity contribution in [3.05, 3.63) is 36.2 Å². The SMILES string of the molecule is C=Cc1ncccc1C=O. The third kappa shape index (κ3) is 1.10. The van der Waals surface area contributed by atoms with Gasteiger partial charge in [0.05, 0.1) is 5.69 Å². The number of carbonyl (C=O) groups is 1. The summed E-state index contributed by atoms with van der Waals surface area (Å²) in [5, 5.41) is 0. The smallest absolute Gasteiger partial charge is 0.152 e. The van der Waals surface area contributed by atoms with Gasteiger partial charge in [-0.1, -0.05) is 6.58 Å². The lowest BCUT2D eigenvalue weighted by atomic mass is 10.2. The zero-order valence-corrected chi connectivity index (χ0v) is 5.45. The van der Waals surface area contributed by atoms with Gasteiger partial charge in [0.25, 0.3) is 0 Å². The second-order valence-corrected chi connectivity index (χ2v) is 1.80. The Hall–Kier alpha value is -1.44. The van der Waals surface area contributed by atoms with Gasteiger partial charge in [-0.05, 0) is 18.2 Å². The van der Waals surface area contributed by atoms with E-state index in [1.807, 2.05) is 0 Å². The lowest BCUT2D eigenvalue weighted by Crippen LogP contribution is -1.87. The van der Waals surface area contributed by atoms with Crippen LogP contribution in [0.4, 0.5) is 0 Å². The van der Waals surface area contributed by atoms with Crippen LogP contribution >= 0.6 is 0 Å². The average Bonchev–Trinajstić information content (AvgIpc) is 2.04. The molecule has 50 valence electrons. The summed E-state index contributed by atoms with van der Waals surface area (Å²) in [4.78, 5) is 14.2. The van der Waals surface area contributed by atoms with Crippen molar-refractivity contribution < 1.29 is 4.79 Å². The number of hydrogen-bond acceptors (Lipinski definition) is 2. The van der Waals surface area contributed by atoms with E-state index in [-0.39, 0.29) is 0 Å². The van der Waals surface area contributed by atoms with E-state index in [2.05, 4.69) is 11.6 Å². The number of nitrogens with zero attached hydrogens (tertiary/aromatic N) is 1. The molecule has 0 aliphatic rings. The molecule has 1 heterocycles. The van der Waals surface area contributed by atoms with E-state index in [0.717, 1.165) is 6.29 Å². The Morgan fingerprint density at radius 3 is 2.90 bits per heavy atom. The third-order valence-electron chi connectivity index (χ3n) is 1.19. The molecule has 10 heavy (non-hydrogen) atoms.